The molecule has 3 aromatic rings. The number of benzene rings is 2. The van der Waals surface area contributed by atoms with Crippen LogP contribution in [0.2, 0.25) is 0 Å². The molecular weight excluding hydrogens is 348 g/mol. The van der Waals surface area contributed by atoms with Gasteiger partial charge in [0.05, 0.1) is 5.54 Å². The quantitative estimate of drug-likeness (QED) is 0.542. The third kappa shape index (κ3) is 3.50. The molecule has 1 amide bonds. The number of aromatic nitrogens is 1. The van der Waals surface area contributed by atoms with Gasteiger partial charge in [0.25, 0.3) is 0 Å². The van der Waals surface area contributed by atoms with Gasteiger partial charge in [-0.3, -0.25) is 9.69 Å². The number of nitrogens with zero attached hydrogens (tertiary/aromatic N) is 2. The molecule has 0 bridgehead atoms. The Morgan fingerprint density at radius 2 is 1.61 bits per heavy atom. The van der Waals surface area contributed by atoms with Gasteiger partial charge in [0, 0.05) is 6.20 Å². The van der Waals surface area contributed by atoms with Crippen LogP contribution in [0, 0.1) is 0 Å². The minimum atomic E-state index is -0.373. The van der Waals surface area contributed by atoms with Gasteiger partial charge in [-0.2, -0.15) is 0 Å². The van der Waals surface area contributed by atoms with Gasteiger partial charge < -0.3 is 4.74 Å². The largest absolute Gasteiger partial charge is 0.485 e. The fraction of sp³-hybridized carbons (Fsp3) is 0.250. The smallest absolute Gasteiger partial charge is 0.216 e. The molecule has 28 heavy (non-hydrogen) atoms. The fourth-order valence-corrected chi connectivity index (χ4v) is 4.14. The van der Waals surface area contributed by atoms with Crippen molar-refractivity contribution in [2.45, 2.75) is 37.8 Å². The summed E-state index contributed by atoms with van der Waals surface area (Å²) in [6, 6.07) is 24.0. The topological polar surface area (TPSA) is 42.4 Å². The number of pyridine rings is 1. The number of carbonyl (C=O) groups is 1. The number of rotatable bonds is 7. The van der Waals surface area contributed by atoms with Crippen molar-refractivity contribution in [2.24, 2.45) is 0 Å². The Balaban J connectivity index is 1.69. The van der Waals surface area contributed by atoms with E-state index in [2.05, 4.69) is 17.1 Å². The van der Waals surface area contributed by atoms with Crippen LogP contribution in [0.3, 0.4) is 0 Å². The molecule has 1 aromatic heterocycles. The minimum absolute atomic E-state index is 0.373. The van der Waals surface area contributed by atoms with Gasteiger partial charge in [-0.15, -0.1) is 0 Å². The number of amides is 1. The van der Waals surface area contributed by atoms with Gasteiger partial charge in [0.2, 0.25) is 6.41 Å². The van der Waals surface area contributed by atoms with E-state index in [0.29, 0.717) is 18.2 Å². The molecule has 142 valence electrons. The highest BCUT2D eigenvalue weighted by Gasteiger charge is 2.43. The second-order valence-corrected chi connectivity index (χ2v) is 7.18. The molecule has 1 fully saturated rings. The zero-order chi connectivity index (χ0) is 19.2. The van der Waals surface area contributed by atoms with E-state index in [-0.39, 0.29) is 5.54 Å². The van der Waals surface area contributed by atoms with Crippen molar-refractivity contribution in [1.82, 2.24) is 4.98 Å². The Hall–Kier alpha value is -3.14. The molecular formula is C24H24N2O2. The second kappa shape index (κ2) is 8.26. The number of anilines is 1. The summed E-state index contributed by atoms with van der Waals surface area (Å²) in [5, 5.41) is 0. The van der Waals surface area contributed by atoms with E-state index >= 15 is 0 Å². The molecule has 0 aliphatic heterocycles. The Morgan fingerprint density at radius 3 is 2.29 bits per heavy atom. The first-order valence-electron chi connectivity index (χ1n) is 9.75. The van der Waals surface area contributed by atoms with Crippen molar-refractivity contribution in [2.75, 3.05) is 4.90 Å². The van der Waals surface area contributed by atoms with Gasteiger partial charge in [-0.25, -0.2) is 4.98 Å². The first-order chi connectivity index (χ1) is 13.8. The molecule has 4 nitrogen and oxygen atoms in total. The standard InChI is InChI=1S/C24H24N2O2/c27-19-26(24(15-7-8-16-24)21-12-5-2-6-13-21)23-22(14-9-17-25-23)28-18-20-10-3-1-4-11-20/h1-6,9-14,17,19H,7-8,15-16,18H2. The van der Waals surface area contributed by atoms with Crippen molar-refractivity contribution in [1.29, 1.82) is 0 Å². The van der Waals surface area contributed by atoms with Crippen LogP contribution in [0.4, 0.5) is 5.82 Å². The van der Waals surface area contributed by atoms with E-state index in [0.717, 1.165) is 43.2 Å². The Morgan fingerprint density at radius 1 is 0.929 bits per heavy atom. The summed E-state index contributed by atoms with van der Waals surface area (Å²) in [5.41, 5.74) is 1.86. The molecule has 0 atom stereocenters. The lowest BCUT2D eigenvalue weighted by Gasteiger charge is -2.39. The molecule has 1 heterocycles. The van der Waals surface area contributed by atoms with E-state index in [1.54, 1.807) is 11.1 Å². The van der Waals surface area contributed by atoms with Crippen LogP contribution in [-0.2, 0) is 16.9 Å². The molecule has 4 heteroatoms. The Bertz CT molecular complexity index is 906. The van der Waals surface area contributed by atoms with E-state index in [9.17, 15) is 4.79 Å². The highest BCUT2D eigenvalue weighted by molar-refractivity contribution is 5.79. The van der Waals surface area contributed by atoms with Crippen molar-refractivity contribution in [3.63, 3.8) is 0 Å². The van der Waals surface area contributed by atoms with Crippen LogP contribution >= 0.6 is 0 Å². The van der Waals surface area contributed by atoms with Crippen molar-refractivity contribution in [3.8, 4) is 5.75 Å². The van der Waals surface area contributed by atoms with E-state index in [1.807, 2.05) is 60.7 Å². The van der Waals surface area contributed by atoms with Crippen molar-refractivity contribution < 1.29 is 9.53 Å². The summed E-state index contributed by atoms with van der Waals surface area (Å²) < 4.78 is 6.08. The molecule has 0 unspecified atom stereocenters. The summed E-state index contributed by atoms with van der Waals surface area (Å²) in [6.45, 7) is 0.435. The number of hydrogen-bond acceptors (Lipinski definition) is 3. The van der Waals surface area contributed by atoms with Crippen LogP contribution in [-0.4, -0.2) is 11.4 Å². The number of hydrogen-bond donors (Lipinski definition) is 0. The van der Waals surface area contributed by atoms with Crippen LogP contribution in [0.15, 0.2) is 79.0 Å². The predicted molar refractivity (Wildman–Crippen MR) is 110 cm³/mol. The van der Waals surface area contributed by atoms with E-state index in [1.165, 1.54) is 0 Å². The molecule has 2 aromatic carbocycles. The summed E-state index contributed by atoms with van der Waals surface area (Å²) in [6.07, 6.45) is 6.65. The monoisotopic (exact) mass is 372 g/mol. The molecule has 1 saturated carbocycles. The van der Waals surface area contributed by atoms with Gasteiger partial charge in [0.15, 0.2) is 11.6 Å². The van der Waals surface area contributed by atoms with E-state index in [4.69, 9.17) is 4.74 Å². The summed E-state index contributed by atoms with van der Waals surface area (Å²) in [4.78, 5) is 18.7. The lowest BCUT2D eigenvalue weighted by atomic mass is 9.86. The van der Waals surface area contributed by atoms with Crippen molar-refractivity contribution in [3.05, 3.63) is 90.1 Å². The van der Waals surface area contributed by atoms with Crippen LogP contribution in [0.1, 0.15) is 36.8 Å². The van der Waals surface area contributed by atoms with Crippen molar-refractivity contribution >= 4 is 12.2 Å². The lowest BCUT2D eigenvalue weighted by Crippen LogP contribution is -2.44. The normalized spacial score (nSPS) is 15.1. The Labute approximate surface area is 165 Å². The Kier molecular flexibility index (Phi) is 5.38. The highest BCUT2D eigenvalue weighted by Crippen LogP contribution is 2.46. The molecule has 0 N–H and O–H groups in total. The van der Waals surface area contributed by atoms with Crippen LogP contribution in [0.5, 0.6) is 5.75 Å². The predicted octanol–water partition coefficient (Wildman–Crippen LogP) is 5.09. The third-order valence-electron chi connectivity index (χ3n) is 5.52. The molecule has 4 rings (SSSR count). The summed E-state index contributed by atoms with van der Waals surface area (Å²) in [5.74, 6) is 1.21. The number of ether oxygens (including phenoxy) is 1. The zero-order valence-corrected chi connectivity index (χ0v) is 15.8. The minimum Gasteiger partial charge on any atom is -0.485 e. The van der Waals surface area contributed by atoms with Gasteiger partial charge >= 0.3 is 0 Å². The average Bonchev–Trinajstić information content (AvgIpc) is 3.26. The van der Waals surface area contributed by atoms with Gasteiger partial charge in [0.1, 0.15) is 6.61 Å². The van der Waals surface area contributed by atoms with Gasteiger partial charge in [-0.1, -0.05) is 73.5 Å². The SMILES string of the molecule is O=CN(c1ncccc1OCc1ccccc1)C1(c2ccccc2)CCCC1. The maximum atomic E-state index is 12.3. The summed E-state index contributed by atoms with van der Waals surface area (Å²) >= 11 is 0. The zero-order valence-electron chi connectivity index (χ0n) is 15.8. The first kappa shape index (κ1) is 18.2. The third-order valence-corrected chi connectivity index (χ3v) is 5.52. The second-order valence-electron chi connectivity index (χ2n) is 7.18. The molecule has 1 aliphatic rings. The van der Waals surface area contributed by atoms with Crippen LogP contribution in [0.25, 0.3) is 0 Å². The highest BCUT2D eigenvalue weighted by atomic mass is 16.5. The number of carbonyl (C=O) groups excluding carboxylic acids is 1. The van der Waals surface area contributed by atoms with E-state index < -0.39 is 0 Å². The first-order valence-corrected chi connectivity index (χ1v) is 9.75. The molecule has 0 spiro atoms. The molecule has 0 radical (unpaired) electrons. The molecule has 0 saturated heterocycles. The average molecular weight is 372 g/mol. The lowest BCUT2D eigenvalue weighted by molar-refractivity contribution is -0.108. The molecule has 1 aliphatic carbocycles. The summed E-state index contributed by atoms with van der Waals surface area (Å²) in [7, 11) is 0. The van der Waals surface area contributed by atoms with Crippen LogP contribution < -0.4 is 9.64 Å². The maximum Gasteiger partial charge on any atom is 0.216 e. The fourth-order valence-electron chi connectivity index (χ4n) is 4.14. The van der Waals surface area contributed by atoms with Gasteiger partial charge in [-0.05, 0) is 36.1 Å². The maximum absolute atomic E-state index is 12.3.